The van der Waals surface area contributed by atoms with Gasteiger partial charge in [-0.05, 0) is 48.1 Å². The Balaban J connectivity index is 2.09. The molecule has 0 unspecified atom stereocenters. The number of aryl methyl sites for hydroxylation is 2. The molecule has 0 aliphatic heterocycles. The molecule has 2 rings (SSSR count). The summed E-state index contributed by atoms with van der Waals surface area (Å²) in [6.45, 7) is 9.01. The van der Waals surface area contributed by atoms with Crippen molar-refractivity contribution in [1.29, 1.82) is 0 Å². The number of hydrogen-bond acceptors (Lipinski definition) is 2. The third-order valence-corrected chi connectivity index (χ3v) is 3.48. The van der Waals surface area contributed by atoms with Gasteiger partial charge in [0.15, 0.2) is 0 Å². The number of nitrogens with two attached hydrogens (primary N) is 1. The first-order chi connectivity index (χ1) is 9.47. The molecule has 0 saturated heterocycles. The quantitative estimate of drug-likeness (QED) is 0.824. The number of anilines is 1. The monoisotopic (exact) mass is 269 g/mol. The zero-order valence-electron chi connectivity index (χ0n) is 12.7. The van der Waals surface area contributed by atoms with Crippen molar-refractivity contribution in [3.8, 4) is 5.75 Å². The van der Waals surface area contributed by atoms with E-state index in [0.717, 1.165) is 22.4 Å². The van der Waals surface area contributed by atoms with E-state index < -0.39 is 0 Å². The molecule has 2 N–H and O–H groups in total. The first kappa shape index (κ1) is 14.4. The predicted molar refractivity (Wildman–Crippen MR) is 85.2 cm³/mol. The van der Waals surface area contributed by atoms with E-state index in [9.17, 15) is 0 Å². The van der Waals surface area contributed by atoms with Gasteiger partial charge in [0, 0.05) is 0 Å². The topological polar surface area (TPSA) is 35.2 Å². The van der Waals surface area contributed by atoms with Crippen LogP contribution in [0.25, 0.3) is 0 Å². The van der Waals surface area contributed by atoms with Gasteiger partial charge < -0.3 is 10.5 Å². The fraction of sp³-hybridized carbons (Fsp3) is 0.333. The summed E-state index contributed by atoms with van der Waals surface area (Å²) in [5, 5.41) is 0. The van der Waals surface area contributed by atoms with Crippen LogP contribution in [0.3, 0.4) is 0 Å². The van der Waals surface area contributed by atoms with Crippen molar-refractivity contribution >= 4 is 5.69 Å². The zero-order chi connectivity index (χ0) is 14.7. The highest BCUT2D eigenvalue weighted by atomic mass is 16.5. The van der Waals surface area contributed by atoms with Gasteiger partial charge in [-0.1, -0.05) is 44.2 Å². The van der Waals surface area contributed by atoms with E-state index in [2.05, 4.69) is 44.2 Å². The molecular formula is C18H23NO. The molecule has 106 valence electrons. The van der Waals surface area contributed by atoms with Crippen LogP contribution in [0.1, 0.15) is 42.0 Å². The molecule has 0 amide bonds. The Morgan fingerprint density at radius 2 is 1.70 bits per heavy atom. The van der Waals surface area contributed by atoms with Crippen LogP contribution < -0.4 is 10.5 Å². The van der Waals surface area contributed by atoms with E-state index >= 15 is 0 Å². The van der Waals surface area contributed by atoms with Crippen molar-refractivity contribution < 1.29 is 4.74 Å². The molecule has 0 heterocycles. The molecule has 0 bridgehead atoms. The third-order valence-electron chi connectivity index (χ3n) is 3.48. The third kappa shape index (κ3) is 3.32. The second-order valence-electron chi connectivity index (χ2n) is 5.69. The Kier molecular flexibility index (Phi) is 4.33. The van der Waals surface area contributed by atoms with Crippen LogP contribution in [0.5, 0.6) is 5.75 Å². The number of hydrogen-bond donors (Lipinski definition) is 1. The lowest BCUT2D eigenvalue weighted by atomic mass is 10.0. The highest BCUT2D eigenvalue weighted by molar-refractivity contribution is 5.58. The van der Waals surface area contributed by atoms with Crippen molar-refractivity contribution in [2.75, 3.05) is 5.73 Å². The van der Waals surface area contributed by atoms with Crippen LogP contribution in [0.2, 0.25) is 0 Å². The van der Waals surface area contributed by atoms with E-state index in [-0.39, 0.29) is 0 Å². The minimum atomic E-state index is 0.548. The lowest BCUT2D eigenvalue weighted by molar-refractivity contribution is 0.306. The maximum Gasteiger partial charge on any atom is 0.145 e. The summed E-state index contributed by atoms with van der Waals surface area (Å²) in [7, 11) is 0. The molecule has 0 spiro atoms. The maximum atomic E-state index is 6.03. The highest BCUT2D eigenvalue weighted by Gasteiger charge is 2.06. The van der Waals surface area contributed by atoms with Gasteiger partial charge in [0.2, 0.25) is 0 Å². The van der Waals surface area contributed by atoms with Crippen molar-refractivity contribution in [2.45, 2.75) is 40.2 Å². The van der Waals surface area contributed by atoms with Crippen LogP contribution in [0.4, 0.5) is 5.69 Å². The number of benzene rings is 2. The standard InChI is InChI=1S/C18H23NO/c1-12(2)16-7-5-15(6-8-16)11-20-18-14(4)9-13(3)10-17(18)19/h5-10,12H,11,19H2,1-4H3. The van der Waals surface area contributed by atoms with Gasteiger partial charge >= 0.3 is 0 Å². The summed E-state index contributed by atoms with van der Waals surface area (Å²) in [5.74, 6) is 1.35. The molecule has 2 heteroatoms. The van der Waals surface area contributed by atoms with E-state index in [1.54, 1.807) is 0 Å². The predicted octanol–water partition coefficient (Wildman–Crippen LogP) is 4.59. The number of rotatable bonds is 4. The average Bonchev–Trinajstić information content (AvgIpc) is 2.38. The first-order valence-corrected chi connectivity index (χ1v) is 7.05. The van der Waals surface area contributed by atoms with Gasteiger partial charge in [0.25, 0.3) is 0 Å². The summed E-state index contributed by atoms with van der Waals surface area (Å²) >= 11 is 0. The summed E-state index contributed by atoms with van der Waals surface area (Å²) in [4.78, 5) is 0. The molecule has 20 heavy (non-hydrogen) atoms. The molecule has 0 atom stereocenters. The summed E-state index contributed by atoms with van der Waals surface area (Å²) in [5.41, 5.74) is 11.5. The lowest BCUT2D eigenvalue weighted by Crippen LogP contribution is -2.01. The van der Waals surface area contributed by atoms with E-state index in [1.807, 2.05) is 19.9 Å². The van der Waals surface area contributed by atoms with Gasteiger partial charge in [0.05, 0.1) is 5.69 Å². The zero-order valence-corrected chi connectivity index (χ0v) is 12.7. The minimum absolute atomic E-state index is 0.548. The van der Waals surface area contributed by atoms with Crippen molar-refractivity contribution in [3.63, 3.8) is 0 Å². The molecule has 2 aromatic carbocycles. The van der Waals surface area contributed by atoms with Crippen molar-refractivity contribution in [1.82, 2.24) is 0 Å². The Morgan fingerprint density at radius 3 is 2.25 bits per heavy atom. The van der Waals surface area contributed by atoms with Crippen LogP contribution in [0.15, 0.2) is 36.4 Å². The molecule has 0 fully saturated rings. The fourth-order valence-electron chi connectivity index (χ4n) is 2.34. The molecule has 0 aliphatic rings. The molecule has 0 radical (unpaired) electrons. The Morgan fingerprint density at radius 1 is 1.05 bits per heavy atom. The molecule has 2 aromatic rings. The van der Waals surface area contributed by atoms with Gasteiger partial charge in [-0.25, -0.2) is 0 Å². The SMILES string of the molecule is Cc1cc(C)c(OCc2ccc(C(C)C)cc2)c(N)c1. The minimum Gasteiger partial charge on any atom is -0.486 e. The molecule has 2 nitrogen and oxygen atoms in total. The molecular weight excluding hydrogens is 246 g/mol. The Bertz CT molecular complexity index is 562. The summed E-state index contributed by atoms with van der Waals surface area (Å²) < 4.78 is 5.88. The van der Waals surface area contributed by atoms with Gasteiger partial charge in [-0.3, -0.25) is 0 Å². The smallest absolute Gasteiger partial charge is 0.145 e. The van der Waals surface area contributed by atoms with E-state index in [1.165, 1.54) is 5.56 Å². The van der Waals surface area contributed by atoms with Crippen molar-refractivity contribution in [2.24, 2.45) is 0 Å². The highest BCUT2D eigenvalue weighted by Crippen LogP contribution is 2.28. The van der Waals surface area contributed by atoms with E-state index in [0.29, 0.717) is 18.2 Å². The van der Waals surface area contributed by atoms with Crippen LogP contribution in [-0.2, 0) is 6.61 Å². The van der Waals surface area contributed by atoms with Crippen molar-refractivity contribution in [3.05, 3.63) is 58.7 Å². The second-order valence-corrected chi connectivity index (χ2v) is 5.69. The average molecular weight is 269 g/mol. The lowest BCUT2D eigenvalue weighted by Gasteiger charge is -2.13. The largest absolute Gasteiger partial charge is 0.486 e. The summed E-state index contributed by atoms with van der Waals surface area (Å²) in [6.07, 6.45) is 0. The fourth-order valence-corrected chi connectivity index (χ4v) is 2.34. The maximum absolute atomic E-state index is 6.03. The molecule has 0 aliphatic carbocycles. The van der Waals surface area contributed by atoms with Gasteiger partial charge in [0.1, 0.15) is 12.4 Å². The molecule has 0 saturated carbocycles. The van der Waals surface area contributed by atoms with Gasteiger partial charge in [-0.15, -0.1) is 0 Å². The summed E-state index contributed by atoms with van der Waals surface area (Å²) in [6, 6.07) is 12.6. The number of nitrogen functional groups attached to an aromatic ring is 1. The van der Waals surface area contributed by atoms with Crippen LogP contribution in [0, 0.1) is 13.8 Å². The Labute approximate surface area is 121 Å². The first-order valence-electron chi connectivity index (χ1n) is 7.05. The van der Waals surface area contributed by atoms with Crippen LogP contribution >= 0.6 is 0 Å². The van der Waals surface area contributed by atoms with Crippen LogP contribution in [-0.4, -0.2) is 0 Å². The second kappa shape index (κ2) is 6.00. The normalized spacial score (nSPS) is 10.8. The number of ether oxygens (including phenoxy) is 1. The van der Waals surface area contributed by atoms with E-state index in [4.69, 9.17) is 10.5 Å². The Hall–Kier alpha value is -1.96. The van der Waals surface area contributed by atoms with Gasteiger partial charge in [-0.2, -0.15) is 0 Å². The molecule has 0 aromatic heterocycles.